The lowest BCUT2D eigenvalue weighted by Crippen LogP contribution is -2.37. The van der Waals surface area contributed by atoms with E-state index in [0.717, 1.165) is 30.4 Å². The Morgan fingerprint density at radius 3 is 2.50 bits per heavy atom. The smallest absolute Gasteiger partial charge is 0.191 e. The number of ether oxygens (including phenoxy) is 1. The maximum absolute atomic E-state index is 5.47. The molecule has 26 heavy (non-hydrogen) atoms. The molecule has 5 nitrogen and oxygen atoms in total. The van der Waals surface area contributed by atoms with Crippen LogP contribution in [0.5, 0.6) is 5.75 Å². The van der Waals surface area contributed by atoms with E-state index in [4.69, 9.17) is 9.73 Å². The summed E-state index contributed by atoms with van der Waals surface area (Å²) in [6.07, 6.45) is 6.37. The van der Waals surface area contributed by atoms with Crippen molar-refractivity contribution in [3.8, 4) is 5.75 Å². The number of nitrogens with zero attached hydrogens (tertiary/aromatic N) is 2. The van der Waals surface area contributed by atoms with E-state index in [1.54, 1.807) is 7.11 Å². The number of aliphatic imine (C=N–C) groups is 1. The van der Waals surface area contributed by atoms with Gasteiger partial charge in [0, 0.05) is 18.7 Å². The standard InChI is InChI=1S/C21H38N4O/c1-6-22-21(23-14-10-8-7-9-11-15-25(3)4)24-17-19-13-12-18(2)16-20(19)26-5/h12-13,16H,6-11,14-15,17H2,1-5H3,(H2,22,23,24). The summed E-state index contributed by atoms with van der Waals surface area (Å²) in [6, 6.07) is 6.25. The molecule has 1 rings (SSSR count). The fourth-order valence-electron chi connectivity index (χ4n) is 2.78. The van der Waals surface area contributed by atoms with Crippen LogP contribution in [0.3, 0.4) is 0 Å². The van der Waals surface area contributed by atoms with E-state index in [1.165, 1.54) is 44.2 Å². The van der Waals surface area contributed by atoms with E-state index in [1.807, 2.05) is 0 Å². The Morgan fingerprint density at radius 2 is 1.81 bits per heavy atom. The van der Waals surface area contributed by atoms with Gasteiger partial charge in [0.15, 0.2) is 5.96 Å². The minimum absolute atomic E-state index is 0.614. The van der Waals surface area contributed by atoms with Crippen molar-refractivity contribution in [1.29, 1.82) is 0 Å². The zero-order valence-electron chi connectivity index (χ0n) is 17.4. The van der Waals surface area contributed by atoms with Gasteiger partial charge in [0.25, 0.3) is 0 Å². The Labute approximate surface area is 160 Å². The van der Waals surface area contributed by atoms with Crippen molar-refractivity contribution in [3.63, 3.8) is 0 Å². The van der Waals surface area contributed by atoms with Crippen LogP contribution in [0.15, 0.2) is 23.2 Å². The third-order valence-electron chi connectivity index (χ3n) is 4.27. The van der Waals surface area contributed by atoms with Crippen molar-refractivity contribution in [2.45, 2.75) is 52.5 Å². The Bertz CT molecular complexity index is 529. The second-order valence-corrected chi connectivity index (χ2v) is 7.01. The lowest BCUT2D eigenvalue weighted by molar-refractivity contribution is 0.389. The number of nitrogens with one attached hydrogen (secondary N) is 2. The monoisotopic (exact) mass is 362 g/mol. The van der Waals surface area contributed by atoms with Crippen LogP contribution in [0.2, 0.25) is 0 Å². The number of methoxy groups -OCH3 is 1. The zero-order chi connectivity index (χ0) is 19.2. The number of hydrogen-bond donors (Lipinski definition) is 2. The third-order valence-corrected chi connectivity index (χ3v) is 4.27. The van der Waals surface area contributed by atoms with Gasteiger partial charge in [-0.3, -0.25) is 0 Å². The second kappa shape index (κ2) is 13.5. The first kappa shape index (κ1) is 22.3. The molecule has 2 N–H and O–H groups in total. The Balaban J connectivity index is 2.35. The number of rotatable bonds is 12. The van der Waals surface area contributed by atoms with Crippen molar-refractivity contribution >= 4 is 5.96 Å². The van der Waals surface area contributed by atoms with Crippen LogP contribution in [0, 0.1) is 6.92 Å². The molecular weight excluding hydrogens is 324 g/mol. The topological polar surface area (TPSA) is 48.9 Å². The van der Waals surface area contributed by atoms with E-state index in [-0.39, 0.29) is 0 Å². The van der Waals surface area contributed by atoms with Crippen molar-refractivity contribution in [1.82, 2.24) is 15.5 Å². The summed E-state index contributed by atoms with van der Waals surface area (Å²) >= 11 is 0. The van der Waals surface area contributed by atoms with Crippen molar-refractivity contribution in [2.24, 2.45) is 4.99 Å². The molecule has 1 aromatic carbocycles. The molecule has 0 atom stereocenters. The van der Waals surface area contributed by atoms with Crippen LogP contribution >= 0.6 is 0 Å². The fourth-order valence-corrected chi connectivity index (χ4v) is 2.78. The number of benzene rings is 1. The van der Waals surface area contributed by atoms with Gasteiger partial charge in [-0.1, -0.05) is 31.4 Å². The molecule has 0 radical (unpaired) electrons. The molecular formula is C21H38N4O. The normalized spacial score (nSPS) is 11.7. The largest absolute Gasteiger partial charge is 0.496 e. The summed E-state index contributed by atoms with van der Waals surface area (Å²) in [5.41, 5.74) is 2.31. The summed E-state index contributed by atoms with van der Waals surface area (Å²) in [7, 11) is 5.99. The Morgan fingerprint density at radius 1 is 1.08 bits per heavy atom. The molecule has 0 aliphatic rings. The van der Waals surface area contributed by atoms with E-state index < -0.39 is 0 Å². The highest BCUT2D eigenvalue weighted by Gasteiger charge is 2.03. The molecule has 5 heteroatoms. The Hall–Kier alpha value is -1.75. The molecule has 0 aliphatic heterocycles. The van der Waals surface area contributed by atoms with Crippen molar-refractivity contribution in [3.05, 3.63) is 29.3 Å². The fraction of sp³-hybridized carbons (Fsp3) is 0.667. The van der Waals surface area contributed by atoms with Crippen LogP contribution in [0.4, 0.5) is 0 Å². The van der Waals surface area contributed by atoms with Gasteiger partial charge < -0.3 is 20.3 Å². The van der Waals surface area contributed by atoms with Crippen LogP contribution in [0.1, 0.15) is 50.2 Å². The van der Waals surface area contributed by atoms with Gasteiger partial charge in [-0.05, 0) is 59.0 Å². The molecule has 1 aromatic rings. The highest BCUT2D eigenvalue weighted by Crippen LogP contribution is 2.20. The molecule has 0 amide bonds. The average molecular weight is 363 g/mol. The van der Waals surface area contributed by atoms with Crippen LogP contribution in [-0.4, -0.2) is 51.7 Å². The summed E-state index contributed by atoms with van der Waals surface area (Å²) in [5, 5.41) is 6.76. The van der Waals surface area contributed by atoms with Gasteiger partial charge in [-0.2, -0.15) is 0 Å². The highest BCUT2D eigenvalue weighted by atomic mass is 16.5. The minimum atomic E-state index is 0.614. The quantitative estimate of drug-likeness (QED) is 0.339. The lowest BCUT2D eigenvalue weighted by Gasteiger charge is -2.12. The molecule has 0 unspecified atom stereocenters. The van der Waals surface area contributed by atoms with E-state index >= 15 is 0 Å². The van der Waals surface area contributed by atoms with Crippen LogP contribution in [0.25, 0.3) is 0 Å². The summed E-state index contributed by atoms with van der Waals surface area (Å²) in [4.78, 5) is 6.95. The van der Waals surface area contributed by atoms with E-state index in [9.17, 15) is 0 Å². The number of hydrogen-bond acceptors (Lipinski definition) is 3. The lowest BCUT2D eigenvalue weighted by atomic mass is 10.1. The van der Waals surface area contributed by atoms with Gasteiger partial charge in [0.05, 0.1) is 13.7 Å². The number of unbranched alkanes of at least 4 members (excludes halogenated alkanes) is 4. The molecule has 0 heterocycles. The van der Waals surface area contributed by atoms with Gasteiger partial charge in [-0.25, -0.2) is 4.99 Å². The minimum Gasteiger partial charge on any atom is -0.496 e. The second-order valence-electron chi connectivity index (χ2n) is 7.01. The average Bonchev–Trinajstić information content (AvgIpc) is 2.62. The SMILES string of the molecule is CCNC(=NCc1ccc(C)cc1OC)NCCCCCCCN(C)C. The van der Waals surface area contributed by atoms with Gasteiger partial charge in [0.2, 0.25) is 0 Å². The first-order valence-electron chi connectivity index (χ1n) is 9.87. The zero-order valence-corrected chi connectivity index (χ0v) is 17.4. The molecule has 0 bridgehead atoms. The predicted molar refractivity (Wildman–Crippen MR) is 112 cm³/mol. The highest BCUT2D eigenvalue weighted by molar-refractivity contribution is 5.79. The molecule has 148 valence electrons. The third kappa shape index (κ3) is 9.66. The molecule has 0 aliphatic carbocycles. The molecule has 0 saturated heterocycles. The summed E-state index contributed by atoms with van der Waals surface area (Å²) < 4.78 is 5.47. The first-order valence-corrected chi connectivity index (χ1v) is 9.87. The molecule has 0 fully saturated rings. The number of guanidine groups is 1. The molecule has 0 spiro atoms. The van der Waals surface area contributed by atoms with Crippen LogP contribution < -0.4 is 15.4 Å². The van der Waals surface area contributed by atoms with E-state index in [2.05, 4.69) is 61.7 Å². The molecule has 0 aromatic heterocycles. The maximum Gasteiger partial charge on any atom is 0.191 e. The maximum atomic E-state index is 5.47. The van der Waals surface area contributed by atoms with Gasteiger partial charge >= 0.3 is 0 Å². The van der Waals surface area contributed by atoms with Crippen molar-refractivity contribution < 1.29 is 4.74 Å². The van der Waals surface area contributed by atoms with Crippen molar-refractivity contribution in [2.75, 3.05) is 40.8 Å². The number of aryl methyl sites for hydroxylation is 1. The summed E-state index contributed by atoms with van der Waals surface area (Å²) in [6.45, 7) is 7.79. The van der Waals surface area contributed by atoms with Gasteiger partial charge in [0.1, 0.15) is 5.75 Å². The molecule has 0 saturated carbocycles. The van der Waals surface area contributed by atoms with E-state index in [0.29, 0.717) is 6.54 Å². The van der Waals surface area contributed by atoms with Crippen LogP contribution in [-0.2, 0) is 6.54 Å². The summed E-state index contributed by atoms with van der Waals surface area (Å²) in [5.74, 6) is 1.78. The first-order chi connectivity index (χ1) is 12.6. The Kier molecular flexibility index (Phi) is 11.5. The predicted octanol–water partition coefficient (Wildman–Crippen LogP) is 3.57. The van der Waals surface area contributed by atoms with Gasteiger partial charge in [-0.15, -0.1) is 0 Å².